The Bertz CT molecular complexity index is 656. The molecular formula is C15H16Cl2N2O5. The number of amides is 2. The Kier molecular flexibility index (Phi) is 5.69. The first-order valence-electron chi connectivity index (χ1n) is 7.17. The fraction of sp³-hybridized carbons (Fsp3) is 0.400. The van der Waals surface area contributed by atoms with Crippen LogP contribution in [0.25, 0.3) is 0 Å². The van der Waals surface area contributed by atoms with Crippen molar-refractivity contribution in [2.75, 3.05) is 11.9 Å². The molecule has 9 heteroatoms. The molecule has 7 nitrogen and oxygen atoms in total. The first kappa shape index (κ1) is 18.5. The topological polar surface area (TPSA) is 105 Å². The average molecular weight is 375 g/mol. The predicted octanol–water partition coefficient (Wildman–Crippen LogP) is 2.07. The fourth-order valence-corrected chi connectivity index (χ4v) is 2.80. The van der Waals surface area contributed by atoms with Crippen LogP contribution in [0.5, 0.6) is 0 Å². The Morgan fingerprint density at radius 2 is 1.83 bits per heavy atom. The van der Waals surface area contributed by atoms with Crippen molar-refractivity contribution < 1.29 is 24.2 Å². The number of carbonyl (C=O) groups is 3. The lowest BCUT2D eigenvalue weighted by Gasteiger charge is -2.39. The summed E-state index contributed by atoms with van der Waals surface area (Å²) in [6.45, 7) is 1.79. The van der Waals surface area contributed by atoms with Crippen LogP contribution >= 0.6 is 23.2 Å². The van der Waals surface area contributed by atoms with Gasteiger partial charge in [0.25, 0.3) is 11.8 Å². The molecule has 1 aromatic rings. The number of nitrogens with one attached hydrogen (secondary N) is 2. The zero-order valence-electron chi connectivity index (χ0n) is 12.8. The number of aliphatic carboxylic acids is 1. The first-order valence-corrected chi connectivity index (χ1v) is 7.93. The zero-order valence-corrected chi connectivity index (χ0v) is 14.3. The summed E-state index contributed by atoms with van der Waals surface area (Å²) in [6.07, 6.45) is -0.0634. The average Bonchev–Trinajstić information content (AvgIpc) is 2.33. The highest BCUT2D eigenvalue weighted by Gasteiger charge is 2.53. The van der Waals surface area contributed by atoms with Crippen molar-refractivity contribution in [3.63, 3.8) is 0 Å². The third-order valence-corrected chi connectivity index (χ3v) is 3.95. The molecule has 0 spiro atoms. The summed E-state index contributed by atoms with van der Waals surface area (Å²) in [4.78, 5) is 35.5. The van der Waals surface area contributed by atoms with Crippen LogP contribution in [0.15, 0.2) is 18.2 Å². The van der Waals surface area contributed by atoms with Crippen LogP contribution in [0.1, 0.15) is 19.8 Å². The molecule has 3 N–H and O–H groups in total. The summed E-state index contributed by atoms with van der Waals surface area (Å²) in [6, 6.07) is 3.85. The van der Waals surface area contributed by atoms with E-state index in [1.165, 1.54) is 25.1 Å². The number of carboxylic acid groups (broad SMARTS) is 1. The zero-order chi connectivity index (χ0) is 17.9. The van der Waals surface area contributed by atoms with E-state index in [1.807, 2.05) is 0 Å². The van der Waals surface area contributed by atoms with Gasteiger partial charge in [0.2, 0.25) is 5.60 Å². The SMILES string of the molecule is CC(CC(=O)O)NC(=O)C1(C(=O)Nc2cc(Cl)cc(Cl)c2)CCO1. The van der Waals surface area contributed by atoms with E-state index in [1.54, 1.807) is 0 Å². The van der Waals surface area contributed by atoms with E-state index in [0.29, 0.717) is 15.7 Å². The van der Waals surface area contributed by atoms with Gasteiger partial charge >= 0.3 is 5.97 Å². The van der Waals surface area contributed by atoms with E-state index in [9.17, 15) is 14.4 Å². The Balaban J connectivity index is 2.09. The van der Waals surface area contributed by atoms with Gasteiger partial charge in [0.05, 0.1) is 13.0 Å². The molecule has 0 aromatic heterocycles. The number of hydrogen-bond donors (Lipinski definition) is 3. The molecule has 1 aliphatic heterocycles. The molecule has 2 unspecified atom stereocenters. The Morgan fingerprint density at radius 1 is 1.25 bits per heavy atom. The number of hydrogen-bond acceptors (Lipinski definition) is 4. The molecule has 0 bridgehead atoms. The maximum absolute atomic E-state index is 12.5. The predicted molar refractivity (Wildman–Crippen MR) is 88.2 cm³/mol. The van der Waals surface area contributed by atoms with Crippen molar-refractivity contribution in [2.24, 2.45) is 0 Å². The van der Waals surface area contributed by atoms with Crippen molar-refractivity contribution in [1.82, 2.24) is 5.32 Å². The monoisotopic (exact) mass is 374 g/mol. The van der Waals surface area contributed by atoms with Crippen LogP contribution in [-0.2, 0) is 19.1 Å². The van der Waals surface area contributed by atoms with Gasteiger partial charge in [-0.3, -0.25) is 14.4 Å². The van der Waals surface area contributed by atoms with Gasteiger partial charge in [-0.15, -0.1) is 0 Å². The lowest BCUT2D eigenvalue weighted by Crippen LogP contribution is -2.64. The highest BCUT2D eigenvalue weighted by Crippen LogP contribution is 2.30. The van der Waals surface area contributed by atoms with Crippen LogP contribution in [0, 0.1) is 0 Å². The molecular weight excluding hydrogens is 359 g/mol. The molecule has 1 fully saturated rings. The molecule has 2 atom stereocenters. The number of benzene rings is 1. The molecule has 2 amide bonds. The molecule has 0 saturated carbocycles. The summed E-state index contributed by atoms with van der Waals surface area (Å²) < 4.78 is 5.24. The van der Waals surface area contributed by atoms with Crippen LogP contribution < -0.4 is 10.6 Å². The van der Waals surface area contributed by atoms with E-state index >= 15 is 0 Å². The van der Waals surface area contributed by atoms with Crippen LogP contribution in [0.4, 0.5) is 5.69 Å². The Hall–Kier alpha value is -1.83. The number of carboxylic acids is 1. The van der Waals surface area contributed by atoms with Crippen LogP contribution in [0.2, 0.25) is 10.0 Å². The van der Waals surface area contributed by atoms with Crippen molar-refractivity contribution in [3.8, 4) is 0 Å². The van der Waals surface area contributed by atoms with Gasteiger partial charge in [0.15, 0.2) is 0 Å². The second-order valence-electron chi connectivity index (χ2n) is 5.51. The minimum atomic E-state index is -1.68. The first-order chi connectivity index (χ1) is 11.2. The maximum atomic E-state index is 12.5. The lowest BCUT2D eigenvalue weighted by molar-refractivity contribution is -0.182. The molecule has 1 saturated heterocycles. The number of rotatable bonds is 6. The standard InChI is InChI=1S/C15H16Cl2N2O5/c1-8(4-12(20)21)18-13(22)15(2-3-24-15)14(23)19-11-6-9(16)5-10(17)7-11/h5-8H,2-4H2,1H3,(H,18,22)(H,19,23)(H,20,21). The summed E-state index contributed by atoms with van der Waals surface area (Å²) in [5.74, 6) is -2.38. The quantitative estimate of drug-likeness (QED) is 0.661. The maximum Gasteiger partial charge on any atom is 0.305 e. The summed E-state index contributed by atoms with van der Waals surface area (Å²) in [5.41, 5.74) is -1.35. The normalized spacial score (nSPS) is 20.6. The van der Waals surface area contributed by atoms with Crippen molar-refractivity contribution in [1.29, 1.82) is 0 Å². The van der Waals surface area contributed by atoms with Crippen LogP contribution in [0.3, 0.4) is 0 Å². The summed E-state index contributed by atoms with van der Waals surface area (Å²) >= 11 is 11.7. The van der Waals surface area contributed by atoms with Crippen molar-refractivity contribution in [3.05, 3.63) is 28.2 Å². The molecule has 1 aromatic carbocycles. The van der Waals surface area contributed by atoms with Gasteiger partial charge < -0.3 is 20.5 Å². The Morgan fingerprint density at radius 3 is 2.29 bits per heavy atom. The molecule has 24 heavy (non-hydrogen) atoms. The molecule has 130 valence electrons. The van der Waals surface area contributed by atoms with Gasteiger partial charge in [-0.25, -0.2) is 0 Å². The van der Waals surface area contributed by atoms with E-state index in [2.05, 4.69) is 10.6 Å². The molecule has 1 heterocycles. The van der Waals surface area contributed by atoms with Crippen LogP contribution in [-0.4, -0.2) is 41.1 Å². The second-order valence-corrected chi connectivity index (χ2v) is 6.38. The van der Waals surface area contributed by atoms with Crippen molar-refractivity contribution >= 4 is 46.7 Å². The van der Waals surface area contributed by atoms with Gasteiger partial charge in [0, 0.05) is 28.2 Å². The van der Waals surface area contributed by atoms with Gasteiger partial charge in [0.1, 0.15) is 0 Å². The fourth-order valence-electron chi connectivity index (χ4n) is 2.28. The molecule has 1 aliphatic rings. The lowest BCUT2D eigenvalue weighted by atomic mass is 9.91. The van der Waals surface area contributed by atoms with Gasteiger partial charge in [-0.05, 0) is 25.1 Å². The van der Waals surface area contributed by atoms with E-state index in [-0.39, 0.29) is 19.4 Å². The van der Waals surface area contributed by atoms with E-state index < -0.39 is 29.4 Å². The number of carbonyl (C=O) groups excluding carboxylic acids is 2. The smallest absolute Gasteiger partial charge is 0.305 e. The van der Waals surface area contributed by atoms with Gasteiger partial charge in [-0.2, -0.15) is 0 Å². The minimum absolute atomic E-state index is 0.193. The number of ether oxygens (including phenoxy) is 1. The summed E-state index contributed by atoms with van der Waals surface area (Å²) in [5, 5.41) is 14.4. The van der Waals surface area contributed by atoms with Gasteiger partial charge in [-0.1, -0.05) is 23.2 Å². The third-order valence-electron chi connectivity index (χ3n) is 3.51. The van der Waals surface area contributed by atoms with E-state index in [0.717, 1.165) is 0 Å². The number of halogens is 2. The van der Waals surface area contributed by atoms with E-state index in [4.69, 9.17) is 33.0 Å². The third kappa shape index (κ3) is 4.17. The Labute approximate surface area is 148 Å². The molecule has 2 rings (SSSR count). The summed E-state index contributed by atoms with van der Waals surface area (Å²) in [7, 11) is 0. The second kappa shape index (κ2) is 7.38. The largest absolute Gasteiger partial charge is 0.481 e. The highest BCUT2D eigenvalue weighted by atomic mass is 35.5. The number of anilines is 1. The highest BCUT2D eigenvalue weighted by molar-refractivity contribution is 6.35. The van der Waals surface area contributed by atoms with Crippen molar-refractivity contribution in [2.45, 2.75) is 31.4 Å². The molecule has 0 radical (unpaired) electrons. The molecule has 0 aliphatic carbocycles. The minimum Gasteiger partial charge on any atom is -0.481 e.